The van der Waals surface area contributed by atoms with Crippen LogP contribution in [0.25, 0.3) is 0 Å². The fourth-order valence-corrected chi connectivity index (χ4v) is 4.25. The molecule has 0 aliphatic rings. The molecule has 0 aromatic heterocycles. The van der Waals surface area contributed by atoms with Gasteiger partial charge in [-0.3, -0.25) is 14.4 Å². The Balaban J connectivity index is 2.74. The highest BCUT2D eigenvalue weighted by Gasteiger charge is 2.24. The lowest BCUT2D eigenvalue weighted by Crippen LogP contribution is -2.45. The number of esters is 1. The topological polar surface area (TPSA) is 103 Å². The molecule has 1 aromatic carbocycles. The summed E-state index contributed by atoms with van der Waals surface area (Å²) in [6, 6.07) is -0.756. The summed E-state index contributed by atoms with van der Waals surface area (Å²) in [4.78, 5) is 36.7. The molecule has 0 heterocycles. The smallest absolute Gasteiger partial charge is 0.311 e. The first-order chi connectivity index (χ1) is 17.5. The first-order valence-electron chi connectivity index (χ1n) is 11.5. The van der Waals surface area contributed by atoms with E-state index in [0.29, 0.717) is 13.2 Å². The zero-order valence-corrected chi connectivity index (χ0v) is 22.7. The van der Waals surface area contributed by atoms with Crippen LogP contribution in [0.5, 0.6) is 5.75 Å². The zero-order chi connectivity index (χ0) is 28.0. The molecule has 210 valence electrons. The molecular weight excluding hydrogens is 540 g/mol. The molecule has 0 spiro atoms. The molecule has 0 radical (unpaired) electrons. The lowest BCUT2D eigenvalue weighted by molar-refractivity contribution is -0.135. The average molecular weight is 573 g/mol. The number of carbonyl (C=O) groups is 3. The van der Waals surface area contributed by atoms with Crippen LogP contribution in [0.4, 0.5) is 17.6 Å². The third-order valence-corrected chi connectivity index (χ3v) is 6.66. The molecular formula is C23H32F4N2O6S2. The van der Waals surface area contributed by atoms with Gasteiger partial charge in [-0.2, -0.15) is 8.78 Å². The Labute approximate surface area is 221 Å². The van der Waals surface area contributed by atoms with Crippen molar-refractivity contribution in [3.63, 3.8) is 0 Å². The van der Waals surface area contributed by atoms with E-state index in [4.69, 9.17) is 9.47 Å². The Morgan fingerprint density at radius 1 is 0.892 bits per heavy atom. The fourth-order valence-electron chi connectivity index (χ4n) is 2.83. The van der Waals surface area contributed by atoms with Crippen LogP contribution in [-0.4, -0.2) is 66.0 Å². The number of benzene rings is 1. The summed E-state index contributed by atoms with van der Waals surface area (Å²) in [5.74, 6) is -10.4. The predicted molar refractivity (Wildman–Crippen MR) is 133 cm³/mol. The second-order valence-corrected chi connectivity index (χ2v) is 10.1. The minimum atomic E-state index is -1.84. The number of nitrogens with one attached hydrogen (secondary N) is 2. The lowest BCUT2D eigenvalue weighted by Gasteiger charge is -2.20. The first-order valence-corrected chi connectivity index (χ1v) is 13.6. The number of halogens is 4. The predicted octanol–water partition coefficient (Wildman–Crippen LogP) is 3.76. The average Bonchev–Trinajstić information content (AvgIpc) is 2.84. The number of hydrogen-bond donors (Lipinski definition) is 2. The fraction of sp³-hybridized carbons (Fsp3) is 0.609. The van der Waals surface area contributed by atoms with Crippen molar-refractivity contribution in [1.82, 2.24) is 10.6 Å². The second-order valence-electron chi connectivity index (χ2n) is 7.55. The Bertz CT molecular complexity index is 886. The summed E-state index contributed by atoms with van der Waals surface area (Å²) in [7, 11) is 0. The van der Waals surface area contributed by atoms with Gasteiger partial charge in [0, 0.05) is 38.3 Å². The Hall–Kier alpha value is -2.03. The van der Waals surface area contributed by atoms with Gasteiger partial charge in [0.05, 0.1) is 11.5 Å². The number of amides is 2. The van der Waals surface area contributed by atoms with Gasteiger partial charge in [-0.25, -0.2) is 8.78 Å². The van der Waals surface area contributed by atoms with Crippen molar-refractivity contribution in [3.05, 3.63) is 29.3 Å². The molecule has 37 heavy (non-hydrogen) atoms. The van der Waals surface area contributed by atoms with Crippen LogP contribution in [0.15, 0.2) is 6.07 Å². The minimum absolute atomic E-state index is 0.00588. The monoisotopic (exact) mass is 572 g/mol. The van der Waals surface area contributed by atoms with Crippen LogP contribution in [0, 0.1) is 23.3 Å². The zero-order valence-electron chi connectivity index (χ0n) is 21.0. The highest BCUT2D eigenvalue weighted by atomic mass is 32.2. The van der Waals surface area contributed by atoms with E-state index < -0.39 is 53.4 Å². The van der Waals surface area contributed by atoms with Gasteiger partial charge >= 0.3 is 5.97 Å². The number of thioether (sulfide) groups is 2. The Morgan fingerprint density at radius 3 is 1.92 bits per heavy atom. The first kappa shape index (κ1) is 33.0. The van der Waals surface area contributed by atoms with Crippen molar-refractivity contribution < 1.29 is 46.2 Å². The van der Waals surface area contributed by atoms with Crippen LogP contribution in [0.2, 0.25) is 0 Å². The summed E-state index contributed by atoms with van der Waals surface area (Å²) in [5, 5.41) is 5.32. The van der Waals surface area contributed by atoms with E-state index >= 15 is 0 Å². The van der Waals surface area contributed by atoms with E-state index in [-0.39, 0.29) is 47.3 Å². The molecule has 8 nitrogen and oxygen atoms in total. The normalized spacial score (nSPS) is 13.5. The van der Waals surface area contributed by atoms with E-state index in [0.717, 1.165) is 0 Å². The summed E-state index contributed by atoms with van der Waals surface area (Å²) in [6.07, 6.45) is -0.573. The summed E-state index contributed by atoms with van der Waals surface area (Å²) < 4.78 is 69.5. The standard InChI is InChI=1S/C23H32F4N2O6S2/c1-5-33-13(3)36-11-18(30)28-10-15(29-19(31)12-37-14(4)34-6-2)7-8-20(32)35-23-21(26)16(24)9-17(25)22(23)27/h9,13-15H,5-8,10-12H2,1-4H3,(H,28,30)(H,29,31)/t13-,14-,15+/m0/s1. The molecule has 14 heteroatoms. The van der Waals surface area contributed by atoms with E-state index in [9.17, 15) is 31.9 Å². The quantitative estimate of drug-likeness (QED) is 0.0957. The Kier molecular flexibility index (Phi) is 15.6. The highest BCUT2D eigenvalue weighted by Crippen LogP contribution is 2.27. The van der Waals surface area contributed by atoms with Gasteiger partial charge in [-0.1, -0.05) is 0 Å². The van der Waals surface area contributed by atoms with Gasteiger partial charge in [-0.15, -0.1) is 23.5 Å². The molecule has 0 bridgehead atoms. The van der Waals surface area contributed by atoms with Crippen LogP contribution < -0.4 is 15.4 Å². The van der Waals surface area contributed by atoms with Gasteiger partial charge in [0.15, 0.2) is 11.6 Å². The van der Waals surface area contributed by atoms with Gasteiger partial charge in [0.25, 0.3) is 0 Å². The van der Waals surface area contributed by atoms with Crippen molar-refractivity contribution in [3.8, 4) is 5.75 Å². The molecule has 0 aliphatic carbocycles. The molecule has 1 rings (SSSR count). The molecule has 0 fully saturated rings. The van der Waals surface area contributed by atoms with Crippen molar-refractivity contribution in [2.45, 2.75) is 57.5 Å². The van der Waals surface area contributed by atoms with E-state index in [1.54, 1.807) is 13.8 Å². The van der Waals surface area contributed by atoms with Crippen molar-refractivity contribution in [1.29, 1.82) is 0 Å². The minimum Gasteiger partial charge on any atom is -0.420 e. The van der Waals surface area contributed by atoms with Crippen molar-refractivity contribution in [2.75, 3.05) is 31.3 Å². The SMILES string of the molecule is CCO[C@H](C)SCC(=O)NC[C@@H](CCC(=O)Oc1c(F)c(F)cc(F)c1F)NC(=O)CS[C@@H](C)OCC. The number of ether oxygens (including phenoxy) is 3. The maximum atomic E-state index is 13.8. The molecule has 0 saturated heterocycles. The van der Waals surface area contributed by atoms with E-state index in [1.165, 1.54) is 23.5 Å². The van der Waals surface area contributed by atoms with Gasteiger partial charge in [-0.05, 0) is 34.1 Å². The molecule has 1 aromatic rings. The summed E-state index contributed by atoms with van der Waals surface area (Å²) in [5.41, 5.74) is -0.427. The van der Waals surface area contributed by atoms with Crippen molar-refractivity contribution >= 4 is 41.3 Å². The third-order valence-electron chi connectivity index (χ3n) is 4.60. The maximum absolute atomic E-state index is 13.8. The van der Waals surface area contributed by atoms with Crippen LogP contribution >= 0.6 is 23.5 Å². The van der Waals surface area contributed by atoms with E-state index in [1.807, 2.05) is 13.8 Å². The molecule has 2 amide bonds. The molecule has 3 atom stereocenters. The van der Waals surface area contributed by atoms with Crippen LogP contribution in [0.1, 0.15) is 40.5 Å². The van der Waals surface area contributed by atoms with Gasteiger partial charge in [0.2, 0.25) is 29.2 Å². The summed E-state index contributed by atoms with van der Waals surface area (Å²) >= 11 is 2.51. The lowest BCUT2D eigenvalue weighted by atomic mass is 10.1. The number of hydrogen-bond acceptors (Lipinski definition) is 8. The van der Waals surface area contributed by atoms with Crippen molar-refractivity contribution in [2.24, 2.45) is 0 Å². The van der Waals surface area contributed by atoms with Crippen LogP contribution in [0.3, 0.4) is 0 Å². The summed E-state index contributed by atoms with van der Waals surface area (Å²) in [6.45, 7) is 8.15. The number of rotatable bonds is 17. The highest BCUT2D eigenvalue weighted by molar-refractivity contribution is 8.00. The van der Waals surface area contributed by atoms with Gasteiger partial charge in [0.1, 0.15) is 10.9 Å². The molecule has 0 saturated carbocycles. The molecule has 0 aliphatic heterocycles. The number of carbonyl (C=O) groups excluding carboxylic acids is 3. The molecule has 2 N–H and O–H groups in total. The van der Waals surface area contributed by atoms with E-state index in [2.05, 4.69) is 15.4 Å². The molecule has 0 unspecified atom stereocenters. The maximum Gasteiger partial charge on any atom is 0.311 e. The van der Waals surface area contributed by atoms with Gasteiger partial charge < -0.3 is 24.8 Å². The van der Waals surface area contributed by atoms with Crippen LogP contribution in [-0.2, 0) is 23.9 Å². The second kappa shape index (κ2) is 17.5. The largest absolute Gasteiger partial charge is 0.420 e. The third kappa shape index (κ3) is 12.9. The Morgan fingerprint density at radius 2 is 1.41 bits per heavy atom.